The normalized spacial score (nSPS) is 9.93. The van der Waals surface area contributed by atoms with Gasteiger partial charge in [0, 0.05) is 6.20 Å². The smallest absolute Gasteiger partial charge is 0.236 e. The van der Waals surface area contributed by atoms with Crippen molar-refractivity contribution in [3.8, 4) is 11.9 Å². The van der Waals surface area contributed by atoms with Gasteiger partial charge in [0.2, 0.25) is 0 Å². The van der Waals surface area contributed by atoms with Crippen LogP contribution in [0.1, 0.15) is 11.4 Å². The number of rotatable bonds is 1. The van der Waals surface area contributed by atoms with Crippen LogP contribution in [0.15, 0.2) is 23.1 Å². The lowest BCUT2D eigenvalue weighted by atomic mass is 10.3. The molecule has 0 saturated carbocycles. The summed E-state index contributed by atoms with van der Waals surface area (Å²) < 4.78 is 2.28. The van der Waals surface area contributed by atoms with E-state index in [1.165, 1.54) is 11.0 Å². The Labute approximate surface area is 94.5 Å². The summed E-state index contributed by atoms with van der Waals surface area (Å²) in [6, 6.07) is 3.79. The van der Waals surface area contributed by atoms with Crippen LogP contribution in [0, 0.1) is 18.3 Å². The zero-order valence-corrected chi connectivity index (χ0v) is 9.43. The third kappa shape index (κ3) is 1.87. The van der Waals surface area contributed by atoms with E-state index in [2.05, 4.69) is 31.0 Å². The Balaban J connectivity index is 2.50. The van der Waals surface area contributed by atoms with Gasteiger partial charge in [0.05, 0.1) is 4.47 Å². The maximum absolute atomic E-state index is 8.59. The van der Waals surface area contributed by atoms with E-state index in [0.717, 1.165) is 10.0 Å². The van der Waals surface area contributed by atoms with Crippen LogP contribution in [0.3, 0.4) is 0 Å². The van der Waals surface area contributed by atoms with Gasteiger partial charge in [-0.25, -0.2) is 14.6 Å². The summed E-state index contributed by atoms with van der Waals surface area (Å²) in [5.74, 6) is 0.749. The number of pyridine rings is 1. The molecule has 0 radical (unpaired) electrons. The number of nitriles is 1. The van der Waals surface area contributed by atoms with Gasteiger partial charge in [-0.05, 0) is 34.5 Å². The van der Waals surface area contributed by atoms with Crippen LogP contribution in [0.5, 0.6) is 0 Å². The molecule has 0 N–H and O–H groups in total. The molecule has 15 heavy (non-hydrogen) atoms. The summed E-state index contributed by atoms with van der Waals surface area (Å²) in [6.45, 7) is 1.95. The fourth-order valence-electron chi connectivity index (χ4n) is 1.11. The zero-order chi connectivity index (χ0) is 10.8. The summed E-state index contributed by atoms with van der Waals surface area (Å²) in [6.07, 6.45) is 3.19. The van der Waals surface area contributed by atoms with E-state index < -0.39 is 0 Å². The fraction of sp³-hybridized carbons (Fsp3) is 0.111. The molecular formula is C9H6BrN5. The van der Waals surface area contributed by atoms with Crippen molar-refractivity contribution in [1.29, 1.82) is 5.26 Å². The van der Waals surface area contributed by atoms with Crippen molar-refractivity contribution in [1.82, 2.24) is 19.7 Å². The lowest BCUT2D eigenvalue weighted by molar-refractivity contribution is 0.833. The monoisotopic (exact) mass is 263 g/mol. The molecule has 6 heteroatoms. The molecule has 0 aliphatic carbocycles. The topological polar surface area (TPSA) is 67.4 Å². The van der Waals surface area contributed by atoms with Crippen LogP contribution < -0.4 is 0 Å². The molecular weight excluding hydrogens is 258 g/mol. The molecule has 0 saturated heterocycles. The molecule has 2 heterocycles. The highest BCUT2D eigenvalue weighted by molar-refractivity contribution is 9.10. The molecule has 0 atom stereocenters. The van der Waals surface area contributed by atoms with E-state index in [4.69, 9.17) is 5.26 Å². The van der Waals surface area contributed by atoms with Crippen LogP contribution in [0.4, 0.5) is 0 Å². The van der Waals surface area contributed by atoms with Crippen LogP contribution >= 0.6 is 15.9 Å². The average Bonchev–Trinajstić information content (AvgIpc) is 2.66. The van der Waals surface area contributed by atoms with Gasteiger partial charge in [-0.1, -0.05) is 0 Å². The average molecular weight is 264 g/mol. The van der Waals surface area contributed by atoms with E-state index in [0.29, 0.717) is 5.82 Å². The first kappa shape index (κ1) is 9.80. The SMILES string of the molecule is Cc1cnc(-n2cnc(C#N)n2)c(Br)c1. The predicted molar refractivity (Wildman–Crippen MR) is 56.3 cm³/mol. The van der Waals surface area contributed by atoms with Crippen LogP contribution in [-0.2, 0) is 0 Å². The molecule has 0 bridgehead atoms. The molecule has 0 aliphatic rings. The number of aryl methyl sites for hydroxylation is 1. The van der Waals surface area contributed by atoms with Gasteiger partial charge in [-0.15, -0.1) is 5.10 Å². The van der Waals surface area contributed by atoms with E-state index in [9.17, 15) is 0 Å². The maximum Gasteiger partial charge on any atom is 0.252 e. The molecule has 0 aliphatic heterocycles. The Morgan fingerprint density at radius 1 is 1.47 bits per heavy atom. The van der Waals surface area contributed by atoms with Gasteiger partial charge in [-0.2, -0.15) is 5.26 Å². The maximum atomic E-state index is 8.59. The first-order valence-corrected chi connectivity index (χ1v) is 4.94. The molecule has 2 aromatic rings. The number of aromatic nitrogens is 4. The summed E-state index contributed by atoms with van der Waals surface area (Å²) in [5, 5.41) is 12.5. The van der Waals surface area contributed by atoms with Gasteiger partial charge in [-0.3, -0.25) is 0 Å². The second kappa shape index (κ2) is 3.79. The Morgan fingerprint density at radius 3 is 2.87 bits per heavy atom. The lowest BCUT2D eigenvalue weighted by Gasteiger charge is -2.02. The Bertz CT molecular complexity index is 540. The minimum absolute atomic E-state index is 0.129. The fourth-order valence-corrected chi connectivity index (χ4v) is 1.76. The number of hydrogen-bond acceptors (Lipinski definition) is 4. The molecule has 0 spiro atoms. The first-order chi connectivity index (χ1) is 7.20. The lowest BCUT2D eigenvalue weighted by Crippen LogP contribution is -1.99. The van der Waals surface area contributed by atoms with Gasteiger partial charge < -0.3 is 0 Å². The zero-order valence-electron chi connectivity index (χ0n) is 7.85. The summed E-state index contributed by atoms with van der Waals surface area (Å²) >= 11 is 3.38. The standard InChI is InChI=1S/C9H6BrN5/c1-6-2-7(10)9(12-4-6)15-5-13-8(3-11)14-15/h2,4-5H,1H3. The molecule has 2 aromatic heterocycles. The van der Waals surface area contributed by atoms with Crippen molar-refractivity contribution >= 4 is 15.9 Å². The summed E-state index contributed by atoms with van der Waals surface area (Å²) in [7, 11) is 0. The molecule has 0 unspecified atom stereocenters. The van der Waals surface area contributed by atoms with Gasteiger partial charge in [0.15, 0.2) is 5.82 Å². The van der Waals surface area contributed by atoms with Crippen molar-refractivity contribution in [3.63, 3.8) is 0 Å². The van der Waals surface area contributed by atoms with Crippen molar-refractivity contribution in [3.05, 3.63) is 34.5 Å². The largest absolute Gasteiger partial charge is 0.252 e. The molecule has 0 amide bonds. The highest BCUT2D eigenvalue weighted by atomic mass is 79.9. The third-order valence-corrected chi connectivity index (χ3v) is 2.35. The Hall–Kier alpha value is -1.74. The number of nitrogens with zero attached hydrogens (tertiary/aromatic N) is 5. The number of halogens is 1. The van der Waals surface area contributed by atoms with Crippen molar-refractivity contribution in [2.24, 2.45) is 0 Å². The number of hydrogen-bond donors (Lipinski definition) is 0. The van der Waals surface area contributed by atoms with Gasteiger partial charge >= 0.3 is 0 Å². The first-order valence-electron chi connectivity index (χ1n) is 4.15. The minimum Gasteiger partial charge on any atom is -0.236 e. The predicted octanol–water partition coefficient (Wildman–Crippen LogP) is 1.60. The Morgan fingerprint density at radius 2 is 2.27 bits per heavy atom. The molecule has 2 rings (SSSR count). The highest BCUT2D eigenvalue weighted by Crippen LogP contribution is 2.18. The summed E-state index contributed by atoms with van der Waals surface area (Å²) in [4.78, 5) is 8.00. The molecule has 74 valence electrons. The molecule has 0 fully saturated rings. The van der Waals surface area contributed by atoms with E-state index in [1.807, 2.05) is 19.1 Å². The highest BCUT2D eigenvalue weighted by Gasteiger charge is 2.06. The second-order valence-electron chi connectivity index (χ2n) is 2.94. The molecule has 0 aromatic carbocycles. The molecule has 5 nitrogen and oxygen atoms in total. The van der Waals surface area contributed by atoms with Crippen molar-refractivity contribution in [2.75, 3.05) is 0 Å². The summed E-state index contributed by atoms with van der Waals surface area (Å²) in [5.41, 5.74) is 1.05. The third-order valence-electron chi connectivity index (χ3n) is 1.77. The minimum atomic E-state index is 0.129. The quantitative estimate of drug-likeness (QED) is 0.784. The van der Waals surface area contributed by atoms with Gasteiger partial charge in [0.1, 0.15) is 12.4 Å². The second-order valence-corrected chi connectivity index (χ2v) is 3.80. The van der Waals surface area contributed by atoms with E-state index in [1.54, 1.807) is 6.20 Å². The Kier molecular flexibility index (Phi) is 2.47. The van der Waals surface area contributed by atoms with Crippen molar-refractivity contribution in [2.45, 2.75) is 6.92 Å². The van der Waals surface area contributed by atoms with Crippen LogP contribution in [0.2, 0.25) is 0 Å². The van der Waals surface area contributed by atoms with Crippen LogP contribution in [0.25, 0.3) is 5.82 Å². The van der Waals surface area contributed by atoms with E-state index >= 15 is 0 Å². The van der Waals surface area contributed by atoms with Gasteiger partial charge in [0.25, 0.3) is 5.82 Å². The van der Waals surface area contributed by atoms with E-state index in [-0.39, 0.29) is 5.82 Å². The van der Waals surface area contributed by atoms with Crippen LogP contribution in [-0.4, -0.2) is 19.7 Å². The van der Waals surface area contributed by atoms with Crippen molar-refractivity contribution < 1.29 is 0 Å².